The second kappa shape index (κ2) is 3.41. The van der Waals surface area contributed by atoms with Crippen molar-refractivity contribution in [3.05, 3.63) is 21.8 Å². The smallest absolute Gasteiger partial charge is 0.145 e. The Bertz CT molecular complexity index is 263. The summed E-state index contributed by atoms with van der Waals surface area (Å²) in [5.41, 5.74) is 0. The van der Waals surface area contributed by atoms with Gasteiger partial charge in [-0.3, -0.25) is 0 Å². The molecule has 0 aromatic carbocycles. The Morgan fingerprint density at radius 1 is 1.45 bits per heavy atom. The van der Waals surface area contributed by atoms with E-state index in [4.69, 9.17) is 11.6 Å². The highest BCUT2D eigenvalue weighted by Gasteiger charge is 2.00. The van der Waals surface area contributed by atoms with Crippen LogP contribution in [0.15, 0.2) is 16.6 Å². The molecular weight excluding hydrogens is 227 g/mol. The van der Waals surface area contributed by atoms with E-state index >= 15 is 0 Å². The van der Waals surface area contributed by atoms with Crippen LogP contribution >= 0.6 is 27.5 Å². The second-order valence-corrected chi connectivity index (χ2v) is 3.55. The van der Waals surface area contributed by atoms with Crippen LogP contribution in [0.3, 0.4) is 0 Å². The first-order valence-electron chi connectivity index (χ1n) is 3.10. The van der Waals surface area contributed by atoms with Gasteiger partial charge in [-0.1, -0.05) is 11.6 Å². The van der Waals surface area contributed by atoms with E-state index in [-0.39, 0.29) is 0 Å². The lowest BCUT2D eigenvalue weighted by molar-refractivity contribution is 1.07. The van der Waals surface area contributed by atoms with Gasteiger partial charge in [-0.25, -0.2) is 4.98 Å². The van der Waals surface area contributed by atoms with Crippen LogP contribution < -0.4 is 4.90 Å². The summed E-state index contributed by atoms with van der Waals surface area (Å²) in [7, 11) is 3.85. The Balaban J connectivity index is 3.05. The van der Waals surface area contributed by atoms with Gasteiger partial charge in [-0.2, -0.15) is 0 Å². The number of halogens is 2. The molecule has 1 aromatic rings. The molecular formula is C7H8BrClN2. The molecule has 0 spiro atoms. The average molecular weight is 236 g/mol. The zero-order valence-corrected chi connectivity index (χ0v) is 8.65. The molecule has 60 valence electrons. The third-order valence-corrected chi connectivity index (χ3v) is 2.40. The van der Waals surface area contributed by atoms with E-state index in [1.807, 2.05) is 31.1 Å². The van der Waals surface area contributed by atoms with Gasteiger partial charge < -0.3 is 4.90 Å². The van der Waals surface area contributed by atoms with Crippen LogP contribution in [0.25, 0.3) is 0 Å². The second-order valence-electron chi connectivity index (χ2n) is 2.34. The maximum atomic E-state index is 5.77. The van der Waals surface area contributed by atoms with Crippen LogP contribution in [0.2, 0.25) is 5.15 Å². The minimum absolute atomic E-state index is 0.496. The standard InChI is InChI=1S/C7H8BrClN2/c1-11(2)6-4-3-5(8)7(9)10-6/h3-4H,1-2H3. The van der Waals surface area contributed by atoms with E-state index in [2.05, 4.69) is 20.9 Å². The van der Waals surface area contributed by atoms with Crippen molar-refractivity contribution in [2.75, 3.05) is 19.0 Å². The molecule has 1 heterocycles. The molecule has 0 bridgehead atoms. The summed E-state index contributed by atoms with van der Waals surface area (Å²) in [5, 5.41) is 0.496. The molecule has 0 saturated carbocycles. The molecule has 11 heavy (non-hydrogen) atoms. The van der Waals surface area contributed by atoms with Crippen LogP contribution in [0, 0.1) is 0 Å². The topological polar surface area (TPSA) is 16.1 Å². The highest BCUT2D eigenvalue weighted by Crippen LogP contribution is 2.22. The normalized spacial score (nSPS) is 9.82. The number of hydrogen-bond acceptors (Lipinski definition) is 2. The summed E-state index contributed by atoms with van der Waals surface area (Å²) in [4.78, 5) is 6.02. The monoisotopic (exact) mass is 234 g/mol. The van der Waals surface area contributed by atoms with Crippen molar-refractivity contribution >= 4 is 33.3 Å². The molecule has 0 fully saturated rings. The van der Waals surface area contributed by atoms with Crippen LogP contribution in [0.1, 0.15) is 0 Å². The lowest BCUT2D eigenvalue weighted by atomic mass is 10.4. The third kappa shape index (κ3) is 2.07. The van der Waals surface area contributed by atoms with E-state index in [9.17, 15) is 0 Å². The summed E-state index contributed by atoms with van der Waals surface area (Å²) < 4.78 is 0.824. The predicted octanol–water partition coefficient (Wildman–Crippen LogP) is 2.56. The first kappa shape index (κ1) is 8.81. The Kier molecular flexibility index (Phi) is 2.73. The summed E-state index contributed by atoms with van der Waals surface area (Å²) in [6.07, 6.45) is 0. The van der Waals surface area contributed by atoms with Crippen LogP contribution in [-0.2, 0) is 0 Å². The maximum absolute atomic E-state index is 5.77. The van der Waals surface area contributed by atoms with Crippen molar-refractivity contribution in [3.63, 3.8) is 0 Å². The van der Waals surface area contributed by atoms with Crippen molar-refractivity contribution in [3.8, 4) is 0 Å². The molecule has 1 aromatic heterocycles. The number of anilines is 1. The molecule has 0 aliphatic rings. The van der Waals surface area contributed by atoms with Gasteiger partial charge >= 0.3 is 0 Å². The summed E-state index contributed by atoms with van der Waals surface area (Å²) >= 11 is 9.04. The van der Waals surface area contributed by atoms with E-state index in [1.54, 1.807) is 0 Å². The zero-order chi connectivity index (χ0) is 8.43. The van der Waals surface area contributed by atoms with Gasteiger partial charge in [-0.15, -0.1) is 0 Å². The minimum Gasteiger partial charge on any atom is -0.363 e. The fourth-order valence-electron chi connectivity index (χ4n) is 0.657. The third-order valence-electron chi connectivity index (χ3n) is 1.25. The predicted molar refractivity (Wildman–Crippen MR) is 51.3 cm³/mol. The maximum Gasteiger partial charge on any atom is 0.145 e. The molecule has 4 heteroatoms. The average Bonchev–Trinajstić information content (AvgIpc) is 1.94. The Morgan fingerprint density at radius 3 is 2.55 bits per heavy atom. The summed E-state index contributed by atoms with van der Waals surface area (Å²) in [6.45, 7) is 0. The number of hydrogen-bond donors (Lipinski definition) is 0. The summed E-state index contributed by atoms with van der Waals surface area (Å²) in [6, 6.07) is 3.78. The lowest BCUT2D eigenvalue weighted by Gasteiger charge is -2.10. The zero-order valence-electron chi connectivity index (χ0n) is 6.31. The van der Waals surface area contributed by atoms with E-state index in [1.165, 1.54) is 0 Å². The molecule has 0 atom stereocenters. The van der Waals surface area contributed by atoms with E-state index in [0.717, 1.165) is 10.3 Å². The molecule has 0 aliphatic heterocycles. The van der Waals surface area contributed by atoms with Gasteiger partial charge in [0.15, 0.2) is 0 Å². The van der Waals surface area contributed by atoms with E-state index in [0.29, 0.717) is 5.15 Å². The number of aromatic nitrogens is 1. The SMILES string of the molecule is CN(C)c1ccc(Br)c(Cl)n1. The molecule has 0 radical (unpaired) electrons. The van der Waals surface area contributed by atoms with Gasteiger partial charge in [0.1, 0.15) is 11.0 Å². The molecule has 0 N–H and O–H groups in total. The quantitative estimate of drug-likeness (QED) is 0.696. The van der Waals surface area contributed by atoms with Crippen molar-refractivity contribution in [1.29, 1.82) is 0 Å². The van der Waals surface area contributed by atoms with Crippen LogP contribution in [0.5, 0.6) is 0 Å². The Morgan fingerprint density at radius 2 is 2.09 bits per heavy atom. The molecule has 0 saturated heterocycles. The van der Waals surface area contributed by atoms with Crippen LogP contribution in [-0.4, -0.2) is 19.1 Å². The van der Waals surface area contributed by atoms with Crippen molar-refractivity contribution in [2.45, 2.75) is 0 Å². The molecule has 0 aliphatic carbocycles. The van der Waals surface area contributed by atoms with Crippen molar-refractivity contribution in [1.82, 2.24) is 4.98 Å². The molecule has 0 unspecified atom stereocenters. The minimum atomic E-state index is 0.496. The lowest BCUT2D eigenvalue weighted by Crippen LogP contribution is -2.10. The number of nitrogens with zero attached hydrogens (tertiary/aromatic N) is 2. The van der Waals surface area contributed by atoms with Crippen molar-refractivity contribution < 1.29 is 0 Å². The van der Waals surface area contributed by atoms with Crippen LogP contribution in [0.4, 0.5) is 5.82 Å². The summed E-state index contributed by atoms with van der Waals surface area (Å²) in [5.74, 6) is 0.859. The largest absolute Gasteiger partial charge is 0.363 e. The van der Waals surface area contributed by atoms with Gasteiger partial charge in [0.2, 0.25) is 0 Å². The Labute approximate surface area is 79.3 Å². The van der Waals surface area contributed by atoms with Gasteiger partial charge in [0, 0.05) is 14.1 Å². The van der Waals surface area contributed by atoms with E-state index < -0.39 is 0 Å². The van der Waals surface area contributed by atoms with Gasteiger partial charge in [-0.05, 0) is 28.1 Å². The molecule has 2 nitrogen and oxygen atoms in total. The van der Waals surface area contributed by atoms with Gasteiger partial charge in [0.25, 0.3) is 0 Å². The molecule has 0 amide bonds. The van der Waals surface area contributed by atoms with Gasteiger partial charge in [0.05, 0.1) is 4.47 Å². The fraction of sp³-hybridized carbons (Fsp3) is 0.286. The van der Waals surface area contributed by atoms with Crippen molar-refractivity contribution in [2.24, 2.45) is 0 Å². The first-order valence-corrected chi connectivity index (χ1v) is 4.27. The molecule has 1 rings (SSSR count). The fourth-order valence-corrected chi connectivity index (χ4v) is 1.03. The number of pyridine rings is 1. The Hall–Kier alpha value is -0.280. The highest BCUT2D eigenvalue weighted by molar-refractivity contribution is 9.10. The first-order chi connectivity index (χ1) is 5.11. The number of rotatable bonds is 1. The highest BCUT2D eigenvalue weighted by atomic mass is 79.9.